The van der Waals surface area contributed by atoms with Crippen LogP contribution in [-0.4, -0.2) is 22.5 Å². The van der Waals surface area contributed by atoms with Gasteiger partial charge in [-0.3, -0.25) is 4.79 Å². The Kier molecular flexibility index (Phi) is 5.04. The predicted molar refractivity (Wildman–Crippen MR) is 94.3 cm³/mol. The van der Waals surface area contributed by atoms with Crippen LogP contribution in [0.15, 0.2) is 53.7 Å². The SMILES string of the molecule is CSc1nc(Nc2ccccc2F)c(C=O)c(-c2ccccc2F)n1. The van der Waals surface area contributed by atoms with Gasteiger partial charge in [-0.1, -0.05) is 36.0 Å². The van der Waals surface area contributed by atoms with Gasteiger partial charge >= 0.3 is 0 Å². The summed E-state index contributed by atoms with van der Waals surface area (Å²) in [7, 11) is 0. The number of rotatable bonds is 5. The summed E-state index contributed by atoms with van der Waals surface area (Å²) >= 11 is 1.24. The van der Waals surface area contributed by atoms with Crippen LogP contribution in [0.5, 0.6) is 0 Å². The largest absolute Gasteiger partial charge is 0.337 e. The van der Waals surface area contributed by atoms with E-state index in [-0.39, 0.29) is 28.3 Å². The van der Waals surface area contributed by atoms with Gasteiger partial charge in [-0.2, -0.15) is 0 Å². The van der Waals surface area contributed by atoms with Crippen molar-refractivity contribution in [2.75, 3.05) is 11.6 Å². The van der Waals surface area contributed by atoms with Crippen molar-refractivity contribution < 1.29 is 13.6 Å². The number of para-hydroxylation sites is 1. The molecule has 0 spiro atoms. The molecule has 1 aromatic heterocycles. The second-order valence-electron chi connectivity index (χ2n) is 5.02. The second kappa shape index (κ2) is 7.40. The zero-order valence-corrected chi connectivity index (χ0v) is 14.0. The number of thioether (sulfide) groups is 1. The van der Waals surface area contributed by atoms with Gasteiger partial charge in [0.15, 0.2) is 11.4 Å². The highest BCUT2D eigenvalue weighted by Gasteiger charge is 2.18. The van der Waals surface area contributed by atoms with Gasteiger partial charge < -0.3 is 5.32 Å². The number of benzene rings is 2. The van der Waals surface area contributed by atoms with Crippen LogP contribution in [0.1, 0.15) is 10.4 Å². The molecule has 0 radical (unpaired) electrons. The number of aromatic nitrogens is 2. The number of hydrogen-bond donors (Lipinski definition) is 1. The molecule has 7 heteroatoms. The van der Waals surface area contributed by atoms with Crippen molar-refractivity contribution in [2.24, 2.45) is 0 Å². The minimum absolute atomic E-state index is 0.0613. The minimum Gasteiger partial charge on any atom is -0.337 e. The van der Waals surface area contributed by atoms with Crippen LogP contribution < -0.4 is 5.32 Å². The van der Waals surface area contributed by atoms with E-state index in [1.54, 1.807) is 30.5 Å². The van der Waals surface area contributed by atoms with Crippen LogP contribution in [0.3, 0.4) is 0 Å². The number of hydrogen-bond acceptors (Lipinski definition) is 5. The first-order chi connectivity index (χ1) is 12.1. The van der Waals surface area contributed by atoms with E-state index < -0.39 is 11.6 Å². The Morgan fingerprint density at radius 3 is 2.32 bits per heavy atom. The number of anilines is 2. The third-order valence-corrected chi connectivity index (χ3v) is 4.03. The molecule has 0 aliphatic rings. The summed E-state index contributed by atoms with van der Waals surface area (Å²) in [4.78, 5) is 20.2. The van der Waals surface area contributed by atoms with Crippen molar-refractivity contribution in [3.63, 3.8) is 0 Å². The highest BCUT2D eigenvalue weighted by molar-refractivity contribution is 7.98. The molecular formula is C18H13F2N3OS. The van der Waals surface area contributed by atoms with E-state index in [2.05, 4.69) is 15.3 Å². The minimum atomic E-state index is -0.506. The van der Waals surface area contributed by atoms with E-state index in [0.29, 0.717) is 11.4 Å². The van der Waals surface area contributed by atoms with E-state index in [4.69, 9.17) is 0 Å². The van der Waals surface area contributed by atoms with Crippen molar-refractivity contribution >= 4 is 29.6 Å². The average Bonchev–Trinajstić information content (AvgIpc) is 2.63. The molecule has 0 aliphatic heterocycles. The van der Waals surface area contributed by atoms with Gasteiger partial charge in [0.25, 0.3) is 0 Å². The normalized spacial score (nSPS) is 10.5. The molecule has 0 aliphatic carbocycles. The fourth-order valence-electron chi connectivity index (χ4n) is 2.30. The first-order valence-corrected chi connectivity index (χ1v) is 8.54. The lowest BCUT2D eigenvalue weighted by Crippen LogP contribution is -2.06. The van der Waals surface area contributed by atoms with Crippen molar-refractivity contribution in [2.45, 2.75) is 5.16 Å². The third kappa shape index (κ3) is 3.51. The van der Waals surface area contributed by atoms with Gasteiger partial charge in [0, 0.05) is 5.56 Å². The number of halogens is 2. The molecule has 0 saturated carbocycles. The molecule has 3 rings (SSSR count). The molecule has 0 bridgehead atoms. The lowest BCUT2D eigenvalue weighted by atomic mass is 10.1. The number of nitrogens with one attached hydrogen (secondary N) is 1. The highest BCUT2D eigenvalue weighted by Crippen LogP contribution is 2.31. The van der Waals surface area contributed by atoms with Crippen molar-refractivity contribution in [3.05, 3.63) is 65.7 Å². The van der Waals surface area contributed by atoms with Gasteiger partial charge in [0.05, 0.1) is 16.9 Å². The summed E-state index contributed by atoms with van der Waals surface area (Å²) < 4.78 is 28.1. The van der Waals surface area contributed by atoms with E-state index in [0.717, 1.165) is 0 Å². The van der Waals surface area contributed by atoms with Crippen molar-refractivity contribution in [1.82, 2.24) is 9.97 Å². The van der Waals surface area contributed by atoms with Crippen LogP contribution in [0, 0.1) is 11.6 Å². The summed E-state index contributed by atoms with van der Waals surface area (Å²) in [5, 5.41) is 3.14. The molecule has 3 aromatic rings. The molecular weight excluding hydrogens is 344 g/mol. The molecule has 2 aromatic carbocycles. The maximum Gasteiger partial charge on any atom is 0.189 e. The molecule has 1 N–H and O–H groups in total. The third-order valence-electron chi connectivity index (χ3n) is 3.48. The van der Waals surface area contributed by atoms with E-state index in [1.807, 2.05) is 0 Å². The monoisotopic (exact) mass is 357 g/mol. The number of aldehydes is 1. The summed E-state index contributed by atoms with van der Waals surface area (Å²) in [5.41, 5.74) is 0.562. The molecule has 4 nitrogen and oxygen atoms in total. The summed E-state index contributed by atoms with van der Waals surface area (Å²) in [6.07, 6.45) is 2.29. The lowest BCUT2D eigenvalue weighted by molar-refractivity contribution is 0.112. The van der Waals surface area contributed by atoms with E-state index >= 15 is 0 Å². The van der Waals surface area contributed by atoms with E-state index in [9.17, 15) is 13.6 Å². The molecule has 0 fully saturated rings. The van der Waals surface area contributed by atoms with Crippen LogP contribution >= 0.6 is 11.8 Å². The number of carbonyl (C=O) groups excluding carboxylic acids is 1. The Morgan fingerprint density at radius 1 is 1.00 bits per heavy atom. The Bertz CT molecular complexity index is 934. The van der Waals surface area contributed by atoms with Gasteiger partial charge in [-0.15, -0.1) is 0 Å². The van der Waals surface area contributed by atoms with Crippen LogP contribution in [-0.2, 0) is 0 Å². The Labute approximate surface area is 147 Å². The van der Waals surface area contributed by atoms with Gasteiger partial charge in [-0.05, 0) is 30.5 Å². The Balaban J connectivity index is 2.19. The van der Waals surface area contributed by atoms with Gasteiger partial charge in [-0.25, -0.2) is 18.7 Å². The fourth-order valence-corrected chi connectivity index (χ4v) is 2.66. The molecule has 126 valence electrons. The molecule has 1 heterocycles. The maximum atomic E-state index is 14.2. The quantitative estimate of drug-likeness (QED) is 0.407. The number of carbonyl (C=O) groups is 1. The van der Waals surface area contributed by atoms with Crippen molar-refractivity contribution in [3.8, 4) is 11.3 Å². The van der Waals surface area contributed by atoms with Crippen LogP contribution in [0.4, 0.5) is 20.3 Å². The summed E-state index contributed by atoms with van der Waals surface area (Å²) in [6, 6.07) is 12.0. The van der Waals surface area contributed by atoms with Gasteiger partial charge in [0.2, 0.25) is 0 Å². The molecule has 0 unspecified atom stereocenters. The Morgan fingerprint density at radius 2 is 1.68 bits per heavy atom. The molecule has 0 amide bonds. The first-order valence-electron chi connectivity index (χ1n) is 7.31. The second-order valence-corrected chi connectivity index (χ2v) is 5.80. The van der Waals surface area contributed by atoms with Crippen LogP contribution in [0.2, 0.25) is 0 Å². The van der Waals surface area contributed by atoms with Crippen molar-refractivity contribution in [1.29, 1.82) is 0 Å². The summed E-state index contributed by atoms with van der Waals surface area (Å²) in [6.45, 7) is 0. The topological polar surface area (TPSA) is 54.9 Å². The zero-order valence-electron chi connectivity index (χ0n) is 13.2. The average molecular weight is 357 g/mol. The predicted octanol–water partition coefficient (Wildman–Crippen LogP) is 4.70. The number of nitrogens with zero attached hydrogens (tertiary/aromatic N) is 2. The van der Waals surface area contributed by atoms with Gasteiger partial charge in [0.1, 0.15) is 17.5 Å². The zero-order chi connectivity index (χ0) is 17.8. The Hall–Kier alpha value is -2.80. The fraction of sp³-hybridized carbons (Fsp3) is 0.0556. The highest BCUT2D eigenvalue weighted by atomic mass is 32.2. The molecule has 0 atom stereocenters. The smallest absolute Gasteiger partial charge is 0.189 e. The molecule has 25 heavy (non-hydrogen) atoms. The van der Waals surface area contributed by atoms with Crippen LogP contribution in [0.25, 0.3) is 11.3 Å². The summed E-state index contributed by atoms with van der Waals surface area (Å²) in [5.74, 6) is -0.873. The molecule has 0 saturated heterocycles. The standard InChI is InChI=1S/C18H13F2N3OS/c1-25-18-22-16(11-6-2-3-7-13(11)19)12(10-24)17(23-18)21-15-9-5-4-8-14(15)20/h2-10H,1H3,(H,21,22,23). The first kappa shape index (κ1) is 17.0. The lowest BCUT2D eigenvalue weighted by Gasteiger charge is -2.13. The maximum absolute atomic E-state index is 14.2. The van der Waals surface area contributed by atoms with E-state index in [1.165, 1.54) is 36.0 Å².